The third-order valence-electron chi connectivity index (χ3n) is 5.01. The Labute approximate surface area is 147 Å². The number of amides is 1. The molecule has 1 aliphatic rings. The van der Waals surface area contributed by atoms with Crippen LogP contribution in [-0.4, -0.2) is 10.5 Å². The molecule has 1 saturated carbocycles. The van der Waals surface area contributed by atoms with Crippen LogP contribution in [0.4, 0.5) is 0 Å². The van der Waals surface area contributed by atoms with Crippen molar-refractivity contribution in [1.29, 1.82) is 0 Å². The van der Waals surface area contributed by atoms with E-state index in [1.807, 2.05) is 4.57 Å². The van der Waals surface area contributed by atoms with Crippen LogP contribution in [-0.2, 0) is 11.3 Å². The number of carbonyl (C=O) groups excluding carboxylic acids is 1. The number of hydrogen-bond donors (Lipinski definition) is 0. The molecule has 0 radical (unpaired) electrons. The predicted octanol–water partition coefficient (Wildman–Crippen LogP) is 4.35. The third-order valence-corrected chi connectivity index (χ3v) is 6.05. The number of hydrogen-bond acceptors (Lipinski definition) is 2. The number of aryl methyl sites for hydroxylation is 2. The normalized spacial score (nSPS) is 16.0. The van der Waals surface area contributed by atoms with Crippen molar-refractivity contribution >= 4 is 27.5 Å². The van der Waals surface area contributed by atoms with Crippen molar-refractivity contribution in [3.8, 4) is 12.3 Å². The van der Waals surface area contributed by atoms with E-state index in [0.29, 0.717) is 13.0 Å². The molecule has 126 valence electrons. The van der Waals surface area contributed by atoms with E-state index in [4.69, 9.17) is 6.42 Å². The lowest BCUT2D eigenvalue weighted by Gasteiger charge is -2.05. The molecule has 1 fully saturated rings. The fourth-order valence-corrected chi connectivity index (χ4v) is 4.57. The van der Waals surface area contributed by atoms with Crippen LogP contribution >= 0.6 is 11.3 Å². The second-order valence-electron chi connectivity index (χ2n) is 6.77. The topological polar surface area (TPSA) is 34.4 Å². The maximum Gasteiger partial charge on any atom is 0.248 e. The van der Waals surface area contributed by atoms with Gasteiger partial charge in [0, 0.05) is 6.42 Å². The van der Waals surface area contributed by atoms with Crippen molar-refractivity contribution in [3.63, 3.8) is 0 Å². The summed E-state index contributed by atoms with van der Waals surface area (Å²) < 4.78 is 3.12. The minimum absolute atomic E-state index is 0.0207. The molecule has 1 aliphatic carbocycles. The first kappa shape index (κ1) is 17.0. The summed E-state index contributed by atoms with van der Waals surface area (Å²) in [4.78, 5) is 17.4. The van der Waals surface area contributed by atoms with Crippen molar-refractivity contribution in [3.05, 3.63) is 28.1 Å². The smallest absolute Gasteiger partial charge is 0.248 e. The van der Waals surface area contributed by atoms with E-state index < -0.39 is 0 Å². The Bertz CT molecular complexity index is 860. The summed E-state index contributed by atoms with van der Waals surface area (Å²) in [6.07, 6.45) is 12.2. The SMILES string of the molecule is C#CCn1c(=NC(=O)CCC2CCCC2)sc2cc(C)c(C)cc21. The molecular weight excluding hydrogens is 316 g/mol. The van der Waals surface area contributed by atoms with Crippen molar-refractivity contribution in [1.82, 2.24) is 4.57 Å². The summed E-state index contributed by atoms with van der Waals surface area (Å²) in [5.74, 6) is 3.38. The Morgan fingerprint density at radius 3 is 2.75 bits per heavy atom. The van der Waals surface area contributed by atoms with Crippen LogP contribution in [0.3, 0.4) is 0 Å². The van der Waals surface area contributed by atoms with Crippen LogP contribution < -0.4 is 4.80 Å². The molecule has 1 heterocycles. The second kappa shape index (κ2) is 7.36. The van der Waals surface area contributed by atoms with Gasteiger partial charge in [-0.15, -0.1) is 6.42 Å². The third kappa shape index (κ3) is 3.62. The van der Waals surface area contributed by atoms with Gasteiger partial charge in [0.05, 0.1) is 16.8 Å². The number of terminal acetylenes is 1. The summed E-state index contributed by atoms with van der Waals surface area (Å²) in [5.41, 5.74) is 3.55. The summed E-state index contributed by atoms with van der Waals surface area (Å²) >= 11 is 1.55. The predicted molar refractivity (Wildman–Crippen MR) is 99.9 cm³/mol. The summed E-state index contributed by atoms with van der Waals surface area (Å²) in [7, 11) is 0. The minimum Gasteiger partial charge on any atom is -0.305 e. The van der Waals surface area contributed by atoms with Crippen LogP contribution in [0.5, 0.6) is 0 Å². The van der Waals surface area contributed by atoms with Crippen molar-refractivity contribution in [2.75, 3.05) is 0 Å². The lowest BCUT2D eigenvalue weighted by molar-refractivity contribution is -0.118. The van der Waals surface area contributed by atoms with Gasteiger partial charge in [-0.25, -0.2) is 0 Å². The van der Waals surface area contributed by atoms with E-state index in [2.05, 4.69) is 36.9 Å². The molecule has 0 unspecified atom stereocenters. The minimum atomic E-state index is -0.0207. The van der Waals surface area contributed by atoms with E-state index in [0.717, 1.165) is 27.4 Å². The van der Waals surface area contributed by atoms with Gasteiger partial charge in [-0.2, -0.15) is 4.99 Å². The van der Waals surface area contributed by atoms with Gasteiger partial charge in [-0.05, 0) is 49.4 Å². The molecule has 0 spiro atoms. The highest BCUT2D eigenvalue weighted by Gasteiger charge is 2.16. The number of thiazole rings is 1. The van der Waals surface area contributed by atoms with E-state index in [1.165, 1.54) is 36.8 Å². The summed E-state index contributed by atoms with van der Waals surface area (Å²) in [6.45, 7) is 4.64. The molecule has 0 saturated heterocycles. The summed E-state index contributed by atoms with van der Waals surface area (Å²) in [6, 6.07) is 4.30. The van der Waals surface area contributed by atoms with Crippen LogP contribution in [0.25, 0.3) is 10.2 Å². The molecule has 1 amide bonds. The van der Waals surface area contributed by atoms with Gasteiger partial charge in [-0.1, -0.05) is 42.9 Å². The molecule has 0 bridgehead atoms. The fourth-order valence-electron chi connectivity index (χ4n) is 3.44. The van der Waals surface area contributed by atoms with Crippen LogP contribution in [0.15, 0.2) is 17.1 Å². The van der Waals surface area contributed by atoms with Gasteiger partial charge >= 0.3 is 0 Å². The van der Waals surface area contributed by atoms with E-state index in [-0.39, 0.29) is 5.91 Å². The summed E-state index contributed by atoms with van der Waals surface area (Å²) in [5, 5.41) is 0. The van der Waals surface area contributed by atoms with Gasteiger partial charge in [0.25, 0.3) is 0 Å². The molecule has 0 aliphatic heterocycles. The average molecular weight is 340 g/mol. The molecular formula is C20H24N2OS. The van der Waals surface area contributed by atoms with Gasteiger partial charge in [0.15, 0.2) is 4.80 Å². The molecule has 1 aromatic carbocycles. The zero-order valence-corrected chi connectivity index (χ0v) is 15.3. The van der Waals surface area contributed by atoms with Crippen LogP contribution in [0, 0.1) is 32.1 Å². The highest BCUT2D eigenvalue weighted by atomic mass is 32.1. The van der Waals surface area contributed by atoms with Crippen molar-refractivity contribution in [2.45, 2.75) is 58.9 Å². The molecule has 0 N–H and O–H groups in total. The van der Waals surface area contributed by atoms with E-state index in [1.54, 1.807) is 11.3 Å². The maximum atomic E-state index is 12.3. The highest BCUT2D eigenvalue weighted by Crippen LogP contribution is 2.28. The number of aromatic nitrogens is 1. The molecule has 24 heavy (non-hydrogen) atoms. The molecule has 0 atom stereocenters. The second-order valence-corrected chi connectivity index (χ2v) is 7.78. The molecule has 3 nitrogen and oxygen atoms in total. The quantitative estimate of drug-likeness (QED) is 0.762. The molecule has 2 aromatic rings. The number of nitrogens with zero attached hydrogens (tertiary/aromatic N) is 2. The largest absolute Gasteiger partial charge is 0.305 e. The van der Waals surface area contributed by atoms with Gasteiger partial charge in [-0.3, -0.25) is 4.79 Å². The van der Waals surface area contributed by atoms with E-state index >= 15 is 0 Å². The highest BCUT2D eigenvalue weighted by molar-refractivity contribution is 7.16. The Morgan fingerprint density at radius 1 is 1.33 bits per heavy atom. The lowest BCUT2D eigenvalue weighted by Crippen LogP contribution is -2.16. The van der Waals surface area contributed by atoms with Crippen LogP contribution in [0.2, 0.25) is 0 Å². The Balaban J connectivity index is 1.90. The van der Waals surface area contributed by atoms with Gasteiger partial charge in [0.2, 0.25) is 5.91 Å². The zero-order valence-electron chi connectivity index (χ0n) is 14.5. The van der Waals surface area contributed by atoms with Crippen molar-refractivity contribution < 1.29 is 4.79 Å². The lowest BCUT2D eigenvalue weighted by atomic mass is 10.0. The molecule has 3 rings (SSSR count). The van der Waals surface area contributed by atoms with Crippen LogP contribution in [0.1, 0.15) is 49.7 Å². The first-order valence-electron chi connectivity index (χ1n) is 8.70. The molecule has 4 heteroatoms. The van der Waals surface area contributed by atoms with Gasteiger partial charge < -0.3 is 4.57 Å². The molecule has 1 aromatic heterocycles. The Morgan fingerprint density at radius 2 is 2.04 bits per heavy atom. The number of benzene rings is 1. The number of fused-ring (bicyclic) bond motifs is 1. The number of carbonyl (C=O) groups is 1. The Kier molecular flexibility index (Phi) is 5.20. The standard InChI is InChI=1S/C20H24N2OS/c1-4-11-22-17-12-14(2)15(3)13-18(17)24-20(22)21-19(23)10-9-16-7-5-6-8-16/h1,12-13,16H,5-11H2,2-3H3. The fraction of sp³-hybridized carbons (Fsp3) is 0.500. The number of rotatable bonds is 4. The van der Waals surface area contributed by atoms with E-state index in [9.17, 15) is 4.79 Å². The zero-order chi connectivity index (χ0) is 17.1. The first-order valence-corrected chi connectivity index (χ1v) is 9.51. The average Bonchev–Trinajstić information content (AvgIpc) is 3.16. The van der Waals surface area contributed by atoms with Gasteiger partial charge in [0.1, 0.15) is 0 Å². The maximum absolute atomic E-state index is 12.3. The van der Waals surface area contributed by atoms with Crippen molar-refractivity contribution in [2.24, 2.45) is 10.9 Å². The first-order chi connectivity index (χ1) is 11.6. The monoisotopic (exact) mass is 340 g/mol. The Hall–Kier alpha value is -1.86.